The van der Waals surface area contributed by atoms with Gasteiger partial charge in [0.25, 0.3) is 5.91 Å². The summed E-state index contributed by atoms with van der Waals surface area (Å²) in [5.74, 6) is 0.0274. The van der Waals surface area contributed by atoms with Crippen LogP contribution < -0.4 is 5.32 Å². The van der Waals surface area contributed by atoms with Gasteiger partial charge >= 0.3 is 0 Å². The molecule has 4 rings (SSSR count). The van der Waals surface area contributed by atoms with E-state index in [-0.39, 0.29) is 11.8 Å². The number of piperazine rings is 1. The van der Waals surface area contributed by atoms with Crippen molar-refractivity contribution in [2.75, 3.05) is 38.0 Å². The Morgan fingerprint density at radius 1 is 0.786 bits per heavy atom. The van der Waals surface area contributed by atoms with E-state index in [2.05, 4.69) is 10.2 Å². The van der Waals surface area contributed by atoms with Gasteiger partial charge in [0, 0.05) is 37.4 Å². The SMILES string of the molecule is O=C(CN1CCN(C(=O)c2ccc3ccccc3c2)CC1)Nc1ccccc1. The van der Waals surface area contributed by atoms with Crippen LogP contribution in [0.1, 0.15) is 10.4 Å². The van der Waals surface area contributed by atoms with Crippen molar-refractivity contribution in [1.82, 2.24) is 9.80 Å². The second-order valence-electron chi connectivity index (χ2n) is 7.04. The number of fused-ring (bicyclic) bond motifs is 1. The van der Waals surface area contributed by atoms with Crippen molar-refractivity contribution < 1.29 is 9.59 Å². The molecule has 1 fully saturated rings. The molecule has 1 aliphatic heterocycles. The topological polar surface area (TPSA) is 52.7 Å². The van der Waals surface area contributed by atoms with E-state index < -0.39 is 0 Å². The number of carbonyl (C=O) groups is 2. The van der Waals surface area contributed by atoms with Crippen LogP contribution in [0.5, 0.6) is 0 Å². The number of nitrogens with zero attached hydrogens (tertiary/aromatic N) is 2. The van der Waals surface area contributed by atoms with Crippen LogP contribution in [0, 0.1) is 0 Å². The number of hydrogen-bond acceptors (Lipinski definition) is 3. The fourth-order valence-corrected chi connectivity index (χ4v) is 3.54. The van der Waals surface area contributed by atoms with Gasteiger partial charge in [-0.25, -0.2) is 0 Å². The third-order valence-corrected chi connectivity index (χ3v) is 5.08. The highest BCUT2D eigenvalue weighted by Crippen LogP contribution is 2.17. The van der Waals surface area contributed by atoms with Crippen molar-refractivity contribution in [1.29, 1.82) is 0 Å². The Balaban J connectivity index is 1.31. The third kappa shape index (κ3) is 4.21. The molecule has 2 amide bonds. The standard InChI is InChI=1S/C23H23N3O2/c27-22(24-21-8-2-1-3-9-21)17-25-12-14-26(15-13-25)23(28)20-11-10-18-6-4-5-7-19(18)16-20/h1-11,16H,12-15,17H2,(H,24,27). The van der Waals surface area contributed by atoms with Gasteiger partial charge in [0.2, 0.25) is 5.91 Å². The molecular formula is C23H23N3O2. The third-order valence-electron chi connectivity index (χ3n) is 5.08. The fourth-order valence-electron chi connectivity index (χ4n) is 3.54. The average Bonchev–Trinajstić information content (AvgIpc) is 2.74. The summed E-state index contributed by atoms with van der Waals surface area (Å²) in [5, 5.41) is 5.11. The number of hydrogen-bond donors (Lipinski definition) is 1. The summed E-state index contributed by atoms with van der Waals surface area (Å²) in [5.41, 5.74) is 1.52. The van der Waals surface area contributed by atoms with Crippen LogP contribution in [0.2, 0.25) is 0 Å². The van der Waals surface area contributed by atoms with E-state index in [0.29, 0.717) is 38.3 Å². The summed E-state index contributed by atoms with van der Waals surface area (Å²) in [7, 11) is 0. The lowest BCUT2D eigenvalue weighted by molar-refractivity contribution is -0.117. The van der Waals surface area contributed by atoms with Gasteiger partial charge in [-0.2, -0.15) is 0 Å². The van der Waals surface area contributed by atoms with Crippen molar-refractivity contribution >= 4 is 28.3 Å². The Morgan fingerprint density at radius 2 is 1.46 bits per heavy atom. The quantitative estimate of drug-likeness (QED) is 0.764. The summed E-state index contributed by atoms with van der Waals surface area (Å²) < 4.78 is 0. The van der Waals surface area contributed by atoms with E-state index in [1.165, 1.54) is 0 Å². The summed E-state index contributed by atoms with van der Waals surface area (Å²) in [4.78, 5) is 29.0. The minimum absolute atomic E-state index is 0.0273. The molecule has 28 heavy (non-hydrogen) atoms. The van der Waals surface area contributed by atoms with Crippen molar-refractivity contribution in [3.05, 3.63) is 78.4 Å². The molecule has 5 nitrogen and oxygen atoms in total. The van der Waals surface area contributed by atoms with Crippen LogP contribution in [0.4, 0.5) is 5.69 Å². The first-order valence-corrected chi connectivity index (χ1v) is 9.54. The first kappa shape index (κ1) is 18.2. The second-order valence-corrected chi connectivity index (χ2v) is 7.04. The van der Waals surface area contributed by atoms with E-state index in [9.17, 15) is 9.59 Å². The number of anilines is 1. The normalized spacial score (nSPS) is 14.8. The number of nitrogens with one attached hydrogen (secondary N) is 1. The molecule has 3 aromatic carbocycles. The molecule has 0 radical (unpaired) electrons. The Hall–Kier alpha value is -3.18. The minimum Gasteiger partial charge on any atom is -0.336 e. The molecular weight excluding hydrogens is 350 g/mol. The second kappa shape index (κ2) is 8.23. The van der Waals surface area contributed by atoms with Crippen molar-refractivity contribution in [3.63, 3.8) is 0 Å². The summed E-state index contributed by atoms with van der Waals surface area (Å²) >= 11 is 0. The molecule has 5 heteroatoms. The van der Waals surface area contributed by atoms with Gasteiger partial charge in [-0.3, -0.25) is 14.5 Å². The first-order chi connectivity index (χ1) is 13.7. The minimum atomic E-state index is -0.0273. The largest absolute Gasteiger partial charge is 0.336 e. The molecule has 1 saturated heterocycles. The smallest absolute Gasteiger partial charge is 0.253 e. The molecule has 3 aromatic rings. The molecule has 0 bridgehead atoms. The molecule has 142 valence electrons. The van der Waals surface area contributed by atoms with Gasteiger partial charge in [-0.15, -0.1) is 0 Å². The number of benzene rings is 3. The van der Waals surface area contributed by atoms with E-state index in [4.69, 9.17) is 0 Å². The van der Waals surface area contributed by atoms with Crippen LogP contribution in [-0.4, -0.2) is 54.3 Å². The average molecular weight is 373 g/mol. The van der Waals surface area contributed by atoms with Crippen molar-refractivity contribution in [3.8, 4) is 0 Å². The number of para-hydroxylation sites is 1. The molecule has 0 aliphatic carbocycles. The zero-order valence-electron chi connectivity index (χ0n) is 15.7. The molecule has 1 N–H and O–H groups in total. The van der Waals surface area contributed by atoms with Crippen molar-refractivity contribution in [2.45, 2.75) is 0 Å². The zero-order valence-corrected chi connectivity index (χ0v) is 15.7. The molecule has 1 aliphatic rings. The van der Waals surface area contributed by atoms with Crippen LogP contribution in [0.3, 0.4) is 0 Å². The molecule has 0 saturated carbocycles. The van der Waals surface area contributed by atoms with E-state index >= 15 is 0 Å². The Labute approximate surface area is 164 Å². The van der Waals surface area contributed by atoms with Crippen molar-refractivity contribution in [2.24, 2.45) is 0 Å². The summed E-state index contributed by atoms with van der Waals surface area (Å²) in [6.45, 7) is 2.99. The van der Waals surface area contributed by atoms with Gasteiger partial charge in [0.1, 0.15) is 0 Å². The Morgan fingerprint density at radius 3 is 2.21 bits per heavy atom. The van der Waals surface area contributed by atoms with E-state index in [0.717, 1.165) is 16.5 Å². The fraction of sp³-hybridized carbons (Fsp3) is 0.217. The van der Waals surface area contributed by atoms with Gasteiger partial charge in [0.05, 0.1) is 6.54 Å². The first-order valence-electron chi connectivity index (χ1n) is 9.54. The molecule has 1 heterocycles. The van der Waals surface area contributed by atoms with Gasteiger partial charge in [0.15, 0.2) is 0 Å². The maximum Gasteiger partial charge on any atom is 0.253 e. The van der Waals surface area contributed by atoms with Gasteiger partial charge in [-0.05, 0) is 35.0 Å². The van der Waals surface area contributed by atoms with E-state index in [1.54, 1.807) is 0 Å². The highest BCUT2D eigenvalue weighted by atomic mass is 16.2. The lowest BCUT2D eigenvalue weighted by atomic mass is 10.1. The lowest BCUT2D eigenvalue weighted by Gasteiger charge is -2.34. The summed E-state index contributed by atoms with van der Waals surface area (Å²) in [6.07, 6.45) is 0. The Kier molecular flexibility index (Phi) is 5.35. The number of rotatable bonds is 4. The van der Waals surface area contributed by atoms with E-state index in [1.807, 2.05) is 77.7 Å². The molecule has 0 atom stereocenters. The van der Waals surface area contributed by atoms with Crippen LogP contribution in [0.25, 0.3) is 10.8 Å². The van der Waals surface area contributed by atoms with Crippen LogP contribution in [0.15, 0.2) is 72.8 Å². The summed E-state index contributed by atoms with van der Waals surface area (Å²) in [6, 6.07) is 23.3. The highest BCUT2D eigenvalue weighted by Gasteiger charge is 2.23. The van der Waals surface area contributed by atoms with Crippen LogP contribution in [-0.2, 0) is 4.79 Å². The molecule has 0 spiro atoms. The van der Waals surface area contributed by atoms with Crippen LogP contribution >= 0.6 is 0 Å². The maximum atomic E-state index is 12.8. The Bertz CT molecular complexity index is 979. The molecule has 0 aromatic heterocycles. The zero-order chi connectivity index (χ0) is 19.3. The monoisotopic (exact) mass is 373 g/mol. The lowest BCUT2D eigenvalue weighted by Crippen LogP contribution is -2.50. The highest BCUT2D eigenvalue weighted by molar-refractivity contribution is 5.98. The number of carbonyl (C=O) groups excluding carboxylic acids is 2. The number of amides is 2. The maximum absolute atomic E-state index is 12.8. The predicted molar refractivity (Wildman–Crippen MR) is 111 cm³/mol. The van der Waals surface area contributed by atoms with Gasteiger partial charge in [-0.1, -0.05) is 48.5 Å². The predicted octanol–water partition coefficient (Wildman–Crippen LogP) is 3.24. The van der Waals surface area contributed by atoms with Gasteiger partial charge < -0.3 is 10.2 Å². The molecule has 0 unspecified atom stereocenters.